The van der Waals surface area contributed by atoms with Crippen LogP contribution in [0.3, 0.4) is 0 Å². The van der Waals surface area contributed by atoms with E-state index in [1.807, 2.05) is 0 Å². The highest BCUT2D eigenvalue weighted by Crippen LogP contribution is 2.15. The molecule has 0 spiro atoms. The molecule has 1 saturated heterocycles. The lowest BCUT2D eigenvalue weighted by atomic mass is 10.00. The van der Waals surface area contributed by atoms with Gasteiger partial charge in [-0.15, -0.1) is 0 Å². The molecule has 1 heterocycles. The van der Waals surface area contributed by atoms with E-state index in [2.05, 4.69) is 31.0 Å². The highest BCUT2D eigenvalue weighted by Gasteiger charge is 2.22. The van der Waals surface area contributed by atoms with E-state index in [0.717, 1.165) is 25.4 Å². The SMILES string of the molecule is COC(=O)C(CCN1CCCC(C)C1)NC(C)C. The van der Waals surface area contributed by atoms with Gasteiger partial charge in [-0.3, -0.25) is 4.79 Å². The monoisotopic (exact) mass is 256 g/mol. The minimum Gasteiger partial charge on any atom is -0.468 e. The third kappa shape index (κ3) is 5.36. The fourth-order valence-electron chi connectivity index (χ4n) is 2.62. The van der Waals surface area contributed by atoms with E-state index in [4.69, 9.17) is 4.74 Å². The lowest BCUT2D eigenvalue weighted by Crippen LogP contribution is -2.45. The molecule has 2 atom stereocenters. The Hall–Kier alpha value is -0.610. The molecule has 0 aromatic rings. The summed E-state index contributed by atoms with van der Waals surface area (Å²) in [6.45, 7) is 9.72. The minimum atomic E-state index is -0.174. The number of methoxy groups -OCH3 is 1. The topological polar surface area (TPSA) is 41.6 Å². The van der Waals surface area contributed by atoms with Gasteiger partial charge in [-0.25, -0.2) is 0 Å². The van der Waals surface area contributed by atoms with Crippen molar-refractivity contribution in [2.75, 3.05) is 26.7 Å². The van der Waals surface area contributed by atoms with Gasteiger partial charge in [-0.1, -0.05) is 20.8 Å². The number of piperidine rings is 1. The maximum Gasteiger partial charge on any atom is 0.322 e. The summed E-state index contributed by atoms with van der Waals surface area (Å²) in [5.41, 5.74) is 0. The zero-order chi connectivity index (χ0) is 13.5. The number of ether oxygens (including phenoxy) is 1. The van der Waals surface area contributed by atoms with Crippen molar-refractivity contribution in [1.29, 1.82) is 0 Å². The van der Waals surface area contributed by atoms with Crippen LogP contribution >= 0.6 is 0 Å². The highest BCUT2D eigenvalue weighted by atomic mass is 16.5. The number of nitrogens with zero attached hydrogens (tertiary/aromatic N) is 1. The minimum absolute atomic E-state index is 0.145. The number of nitrogens with one attached hydrogen (secondary N) is 1. The summed E-state index contributed by atoms with van der Waals surface area (Å²) in [4.78, 5) is 14.1. The molecule has 106 valence electrons. The van der Waals surface area contributed by atoms with Crippen molar-refractivity contribution in [3.63, 3.8) is 0 Å². The average molecular weight is 256 g/mol. The van der Waals surface area contributed by atoms with Gasteiger partial charge in [0.15, 0.2) is 0 Å². The molecular formula is C14H28N2O2. The van der Waals surface area contributed by atoms with Crippen LogP contribution in [0.15, 0.2) is 0 Å². The highest BCUT2D eigenvalue weighted by molar-refractivity contribution is 5.75. The Bertz CT molecular complexity index is 256. The van der Waals surface area contributed by atoms with Crippen molar-refractivity contribution in [2.45, 2.75) is 52.1 Å². The van der Waals surface area contributed by atoms with Crippen LogP contribution in [0.25, 0.3) is 0 Å². The van der Waals surface area contributed by atoms with Gasteiger partial charge >= 0.3 is 5.97 Å². The first-order valence-electron chi connectivity index (χ1n) is 7.09. The predicted octanol–water partition coefficient (Wildman–Crippen LogP) is 1.65. The van der Waals surface area contributed by atoms with Crippen molar-refractivity contribution in [2.24, 2.45) is 5.92 Å². The van der Waals surface area contributed by atoms with Crippen LogP contribution in [0.1, 0.15) is 40.0 Å². The molecule has 0 amide bonds. The number of likely N-dealkylation sites (tertiary alicyclic amines) is 1. The van der Waals surface area contributed by atoms with Crippen LogP contribution in [0.4, 0.5) is 0 Å². The van der Waals surface area contributed by atoms with Gasteiger partial charge in [-0.2, -0.15) is 0 Å². The molecule has 1 aliphatic heterocycles. The number of carbonyl (C=O) groups excluding carboxylic acids is 1. The number of esters is 1. The Balaban J connectivity index is 2.38. The molecule has 0 bridgehead atoms. The molecule has 18 heavy (non-hydrogen) atoms. The molecule has 2 unspecified atom stereocenters. The predicted molar refractivity (Wildman–Crippen MR) is 73.5 cm³/mol. The largest absolute Gasteiger partial charge is 0.468 e. The third-order valence-corrected chi connectivity index (χ3v) is 3.50. The summed E-state index contributed by atoms with van der Waals surface area (Å²) in [6.07, 6.45) is 3.44. The number of hydrogen-bond acceptors (Lipinski definition) is 4. The zero-order valence-electron chi connectivity index (χ0n) is 12.2. The van der Waals surface area contributed by atoms with Crippen molar-refractivity contribution in [3.05, 3.63) is 0 Å². The number of rotatable bonds is 6. The van der Waals surface area contributed by atoms with Crippen LogP contribution in [-0.2, 0) is 9.53 Å². The van der Waals surface area contributed by atoms with Gasteiger partial charge < -0.3 is 15.0 Å². The van der Waals surface area contributed by atoms with Crippen LogP contribution in [0.2, 0.25) is 0 Å². The first kappa shape index (κ1) is 15.4. The second-order valence-corrected chi connectivity index (χ2v) is 5.73. The van der Waals surface area contributed by atoms with Crippen LogP contribution in [0, 0.1) is 5.92 Å². The van der Waals surface area contributed by atoms with Gasteiger partial charge in [0.25, 0.3) is 0 Å². The maximum atomic E-state index is 11.7. The van der Waals surface area contributed by atoms with Gasteiger partial charge in [0.1, 0.15) is 6.04 Å². The first-order valence-corrected chi connectivity index (χ1v) is 7.09. The quantitative estimate of drug-likeness (QED) is 0.734. The van der Waals surface area contributed by atoms with Crippen LogP contribution < -0.4 is 5.32 Å². The van der Waals surface area contributed by atoms with Gasteiger partial charge in [0, 0.05) is 19.1 Å². The summed E-state index contributed by atoms with van der Waals surface area (Å²) < 4.78 is 4.85. The van der Waals surface area contributed by atoms with Crippen LogP contribution in [-0.4, -0.2) is 49.7 Å². The summed E-state index contributed by atoms with van der Waals surface area (Å²) in [7, 11) is 1.46. The summed E-state index contributed by atoms with van der Waals surface area (Å²) in [5.74, 6) is 0.641. The molecule has 0 aliphatic carbocycles. The van der Waals surface area contributed by atoms with Crippen LogP contribution in [0.5, 0.6) is 0 Å². The molecule has 4 heteroatoms. The average Bonchev–Trinajstić information content (AvgIpc) is 2.33. The molecule has 1 N–H and O–H groups in total. The van der Waals surface area contributed by atoms with Gasteiger partial charge in [-0.05, 0) is 31.7 Å². The molecule has 0 radical (unpaired) electrons. The van der Waals surface area contributed by atoms with E-state index < -0.39 is 0 Å². The summed E-state index contributed by atoms with van der Waals surface area (Å²) in [6, 6.07) is 0.126. The second-order valence-electron chi connectivity index (χ2n) is 5.73. The molecule has 1 fully saturated rings. The van der Waals surface area contributed by atoms with Crippen molar-refractivity contribution in [1.82, 2.24) is 10.2 Å². The van der Waals surface area contributed by atoms with E-state index in [1.54, 1.807) is 0 Å². The lowest BCUT2D eigenvalue weighted by molar-refractivity contribution is -0.143. The van der Waals surface area contributed by atoms with E-state index in [0.29, 0.717) is 6.04 Å². The standard InChI is InChI=1S/C14H28N2O2/c1-11(2)15-13(14(17)18-4)7-9-16-8-5-6-12(3)10-16/h11-13,15H,5-10H2,1-4H3. The number of carbonyl (C=O) groups is 1. The first-order chi connectivity index (χ1) is 8.52. The van der Waals surface area contributed by atoms with E-state index in [1.165, 1.54) is 26.5 Å². The fraction of sp³-hybridized carbons (Fsp3) is 0.929. The molecular weight excluding hydrogens is 228 g/mol. The third-order valence-electron chi connectivity index (χ3n) is 3.50. The normalized spacial score (nSPS) is 23.1. The van der Waals surface area contributed by atoms with E-state index >= 15 is 0 Å². The van der Waals surface area contributed by atoms with Crippen molar-refractivity contribution in [3.8, 4) is 0 Å². The summed E-state index contributed by atoms with van der Waals surface area (Å²) >= 11 is 0. The molecule has 1 rings (SSSR count). The molecule has 0 aromatic carbocycles. The summed E-state index contributed by atoms with van der Waals surface area (Å²) in [5, 5.41) is 3.28. The molecule has 1 aliphatic rings. The van der Waals surface area contributed by atoms with E-state index in [-0.39, 0.29) is 12.0 Å². The Labute approximate surface area is 111 Å². The zero-order valence-corrected chi connectivity index (χ0v) is 12.2. The Kier molecular flexibility index (Phi) is 6.65. The van der Waals surface area contributed by atoms with E-state index in [9.17, 15) is 4.79 Å². The lowest BCUT2D eigenvalue weighted by Gasteiger charge is -2.32. The molecule has 0 aromatic heterocycles. The maximum absolute atomic E-state index is 11.7. The van der Waals surface area contributed by atoms with Gasteiger partial charge in [0.2, 0.25) is 0 Å². The Morgan fingerprint density at radius 3 is 2.78 bits per heavy atom. The number of hydrogen-bond donors (Lipinski definition) is 1. The Morgan fingerprint density at radius 1 is 1.50 bits per heavy atom. The van der Waals surface area contributed by atoms with Crippen molar-refractivity contribution >= 4 is 5.97 Å². The Morgan fingerprint density at radius 2 is 2.22 bits per heavy atom. The second kappa shape index (κ2) is 7.74. The molecule has 4 nitrogen and oxygen atoms in total. The van der Waals surface area contributed by atoms with Crippen molar-refractivity contribution < 1.29 is 9.53 Å². The fourth-order valence-corrected chi connectivity index (χ4v) is 2.62. The van der Waals surface area contributed by atoms with Gasteiger partial charge in [0.05, 0.1) is 7.11 Å². The molecule has 0 saturated carbocycles. The smallest absolute Gasteiger partial charge is 0.322 e.